The first-order valence-electron chi connectivity index (χ1n) is 8.33. The molecule has 6 nitrogen and oxygen atoms in total. The molecule has 1 aliphatic rings. The van der Waals surface area contributed by atoms with Crippen molar-refractivity contribution in [3.8, 4) is 0 Å². The molecule has 1 aliphatic heterocycles. The van der Waals surface area contributed by atoms with Gasteiger partial charge in [-0.3, -0.25) is 4.79 Å². The third-order valence-electron chi connectivity index (χ3n) is 3.95. The third kappa shape index (κ3) is 5.06. The molecule has 130 valence electrons. The fourth-order valence-electron chi connectivity index (χ4n) is 2.63. The number of ether oxygens (including phenoxy) is 1. The van der Waals surface area contributed by atoms with Crippen LogP contribution >= 0.6 is 0 Å². The van der Waals surface area contributed by atoms with Crippen molar-refractivity contribution >= 4 is 23.3 Å². The highest BCUT2D eigenvalue weighted by Crippen LogP contribution is 2.13. The Balaban J connectivity index is 1.49. The van der Waals surface area contributed by atoms with Crippen molar-refractivity contribution in [2.45, 2.75) is 18.9 Å². The Bertz CT molecular complexity index is 710. The molecule has 0 saturated carbocycles. The molecule has 25 heavy (non-hydrogen) atoms. The van der Waals surface area contributed by atoms with Crippen LogP contribution in [0.5, 0.6) is 0 Å². The second kappa shape index (κ2) is 8.30. The lowest BCUT2D eigenvalue weighted by Crippen LogP contribution is -2.31. The predicted octanol–water partition coefficient (Wildman–Crippen LogP) is 3.24. The normalized spacial score (nSPS) is 16.2. The standard InChI is InChI=1S/C19H21N3O3/c23-18(20-13-17-7-4-12-25-17)14-8-10-16(11-9-14)22-19(24)21-15-5-2-1-3-6-15/h1-3,5-6,8-11,17H,4,7,12-13H2,(H,20,23)(H2,21,22,24). The van der Waals surface area contributed by atoms with E-state index in [2.05, 4.69) is 16.0 Å². The molecule has 3 rings (SSSR count). The van der Waals surface area contributed by atoms with Gasteiger partial charge in [-0.15, -0.1) is 0 Å². The number of para-hydroxylation sites is 1. The fourth-order valence-corrected chi connectivity index (χ4v) is 2.63. The Kier molecular flexibility index (Phi) is 5.64. The van der Waals surface area contributed by atoms with Gasteiger partial charge in [-0.2, -0.15) is 0 Å². The first-order chi connectivity index (χ1) is 12.2. The highest BCUT2D eigenvalue weighted by atomic mass is 16.5. The number of amides is 3. The summed E-state index contributed by atoms with van der Waals surface area (Å²) in [5, 5.41) is 8.34. The first-order valence-corrected chi connectivity index (χ1v) is 8.33. The van der Waals surface area contributed by atoms with Crippen molar-refractivity contribution < 1.29 is 14.3 Å². The number of hydrogen-bond acceptors (Lipinski definition) is 3. The van der Waals surface area contributed by atoms with Crippen LogP contribution in [0.4, 0.5) is 16.2 Å². The summed E-state index contributed by atoms with van der Waals surface area (Å²) in [5.74, 6) is -0.143. The van der Waals surface area contributed by atoms with Gasteiger partial charge in [-0.25, -0.2) is 4.79 Å². The summed E-state index contributed by atoms with van der Waals surface area (Å²) in [5.41, 5.74) is 1.88. The Hall–Kier alpha value is -2.86. The van der Waals surface area contributed by atoms with E-state index in [4.69, 9.17) is 4.74 Å². The summed E-state index contributed by atoms with van der Waals surface area (Å²) in [6.45, 7) is 1.30. The number of nitrogens with one attached hydrogen (secondary N) is 3. The van der Waals surface area contributed by atoms with Crippen molar-refractivity contribution in [1.29, 1.82) is 0 Å². The summed E-state index contributed by atoms with van der Waals surface area (Å²) in [6, 6.07) is 15.6. The summed E-state index contributed by atoms with van der Waals surface area (Å²) in [6.07, 6.45) is 2.15. The minimum Gasteiger partial charge on any atom is -0.376 e. The Morgan fingerprint density at radius 2 is 1.64 bits per heavy atom. The minimum absolute atomic E-state index is 0.117. The van der Waals surface area contributed by atoms with E-state index in [0.717, 1.165) is 19.4 Å². The number of benzene rings is 2. The number of anilines is 2. The average Bonchev–Trinajstić information content (AvgIpc) is 3.14. The molecule has 0 spiro atoms. The van der Waals surface area contributed by atoms with Gasteiger partial charge >= 0.3 is 6.03 Å². The van der Waals surface area contributed by atoms with Crippen LogP contribution in [0, 0.1) is 0 Å². The van der Waals surface area contributed by atoms with Gasteiger partial charge in [0.1, 0.15) is 0 Å². The maximum Gasteiger partial charge on any atom is 0.323 e. The van der Waals surface area contributed by atoms with Crippen LogP contribution in [0.3, 0.4) is 0 Å². The Morgan fingerprint density at radius 1 is 0.960 bits per heavy atom. The van der Waals surface area contributed by atoms with Crippen LogP contribution in [0.2, 0.25) is 0 Å². The number of carbonyl (C=O) groups is 2. The van der Waals surface area contributed by atoms with Crippen molar-refractivity contribution in [2.24, 2.45) is 0 Å². The molecular formula is C19H21N3O3. The van der Waals surface area contributed by atoms with Crippen LogP contribution in [0.1, 0.15) is 23.2 Å². The molecule has 3 N–H and O–H groups in total. The van der Waals surface area contributed by atoms with Crippen molar-refractivity contribution in [3.63, 3.8) is 0 Å². The zero-order chi connectivity index (χ0) is 17.5. The first kappa shape index (κ1) is 17.0. The van der Waals surface area contributed by atoms with E-state index in [-0.39, 0.29) is 18.0 Å². The van der Waals surface area contributed by atoms with Gasteiger partial charge in [0, 0.05) is 30.1 Å². The molecule has 1 unspecified atom stereocenters. The van der Waals surface area contributed by atoms with Gasteiger partial charge < -0.3 is 20.7 Å². The molecule has 6 heteroatoms. The second-order valence-electron chi connectivity index (χ2n) is 5.87. The average molecular weight is 339 g/mol. The Morgan fingerprint density at radius 3 is 2.28 bits per heavy atom. The topological polar surface area (TPSA) is 79.5 Å². The van der Waals surface area contributed by atoms with Crippen LogP contribution in [-0.2, 0) is 4.74 Å². The zero-order valence-electron chi connectivity index (χ0n) is 13.8. The van der Waals surface area contributed by atoms with Crippen molar-refractivity contribution in [2.75, 3.05) is 23.8 Å². The molecule has 0 bridgehead atoms. The van der Waals surface area contributed by atoms with E-state index in [1.54, 1.807) is 36.4 Å². The summed E-state index contributed by atoms with van der Waals surface area (Å²) in [7, 11) is 0. The summed E-state index contributed by atoms with van der Waals surface area (Å²) < 4.78 is 5.48. The van der Waals surface area contributed by atoms with E-state index in [0.29, 0.717) is 23.5 Å². The van der Waals surface area contributed by atoms with Gasteiger partial charge in [0.15, 0.2) is 0 Å². The zero-order valence-corrected chi connectivity index (χ0v) is 13.8. The molecule has 0 aromatic heterocycles. The van der Waals surface area contributed by atoms with Gasteiger partial charge in [0.2, 0.25) is 0 Å². The van der Waals surface area contributed by atoms with Gasteiger partial charge in [-0.05, 0) is 49.2 Å². The van der Waals surface area contributed by atoms with E-state index < -0.39 is 0 Å². The smallest absolute Gasteiger partial charge is 0.323 e. The molecule has 2 aromatic carbocycles. The molecule has 1 heterocycles. The highest BCUT2D eigenvalue weighted by molar-refractivity contribution is 6.00. The predicted molar refractivity (Wildman–Crippen MR) is 96.8 cm³/mol. The molecule has 0 aliphatic carbocycles. The lowest BCUT2D eigenvalue weighted by molar-refractivity contribution is 0.0858. The number of urea groups is 1. The molecule has 3 amide bonds. The molecule has 2 aromatic rings. The highest BCUT2D eigenvalue weighted by Gasteiger charge is 2.16. The van der Waals surface area contributed by atoms with E-state index in [9.17, 15) is 9.59 Å². The molecule has 0 radical (unpaired) electrons. The lowest BCUT2D eigenvalue weighted by Gasteiger charge is -2.11. The molecule has 1 saturated heterocycles. The Labute approximate surface area is 146 Å². The van der Waals surface area contributed by atoms with Crippen LogP contribution < -0.4 is 16.0 Å². The molecule has 1 atom stereocenters. The monoisotopic (exact) mass is 339 g/mol. The maximum atomic E-state index is 12.1. The van der Waals surface area contributed by atoms with Crippen LogP contribution in [-0.4, -0.2) is 31.2 Å². The minimum atomic E-state index is -0.332. The van der Waals surface area contributed by atoms with Crippen molar-refractivity contribution in [1.82, 2.24) is 5.32 Å². The molecular weight excluding hydrogens is 318 g/mol. The number of carbonyl (C=O) groups excluding carboxylic acids is 2. The SMILES string of the molecule is O=C(Nc1ccccc1)Nc1ccc(C(=O)NCC2CCCO2)cc1. The quantitative estimate of drug-likeness (QED) is 0.782. The maximum absolute atomic E-state index is 12.1. The van der Waals surface area contributed by atoms with Gasteiger partial charge in [-0.1, -0.05) is 18.2 Å². The van der Waals surface area contributed by atoms with E-state index in [1.165, 1.54) is 0 Å². The largest absolute Gasteiger partial charge is 0.376 e. The second-order valence-corrected chi connectivity index (χ2v) is 5.87. The summed E-state index contributed by atoms with van der Waals surface area (Å²) in [4.78, 5) is 24.0. The number of rotatable bonds is 5. The van der Waals surface area contributed by atoms with Gasteiger partial charge in [0.05, 0.1) is 6.10 Å². The van der Waals surface area contributed by atoms with Crippen LogP contribution in [0.15, 0.2) is 54.6 Å². The third-order valence-corrected chi connectivity index (χ3v) is 3.95. The van der Waals surface area contributed by atoms with Crippen LogP contribution in [0.25, 0.3) is 0 Å². The molecule has 1 fully saturated rings. The van der Waals surface area contributed by atoms with E-state index >= 15 is 0 Å². The lowest BCUT2D eigenvalue weighted by atomic mass is 10.2. The van der Waals surface area contributed by atoms with Gasteiger partial charge in [0.25, 0.3) is 5.91 Å². The number of hydrogen-bond donors (Lipinski definition) is 3. The van der Waals surface area contributed by atoms with E-state index in [1.807, 2.05) is 18.2 Å². The fraction of sp³-hybridized carbons (Fsp3) is 0.263. The summed E-state index contributed by atoms with van der Waals surface area (Å²) >= 11 is 0. The van der Waals surface area contributed by atoms with Crippen molar-refractivity contribution in [3.05, 3.63) is 60.2 Å².